The summed E-state index contributed by atoms with van der Waals surface area (Å²) in [6, 6.07) is 3.98. The number of nitrogens with one attached hydrogen (secondary N) is 1. The van der Waals surface area contributed by atoms with E-state index in [-0.39, 0.29) is 36.4 Å². The summed E-state index contributed by atoms with van der Waals surface area (Å²) in [5.41, 5.74) is 2.00. The molecule has 0 aromatic heterocycles. The Hall–Kier alpha value is -1.97. The van der Waals surface area contributed by atoms with Gasteiger partial charge in [0.2, 0.25) is 5.91 Å². The normalized spacial score (nSPS) is 10.7. The molecule has 1 aromatic carbocycles. The molecule has 0 aliphatic carbocycles. The van der Waals surface area contributed by atoms with Crippen molar-refractivity contribution in [3.05, 3.63) is 35.9 Å². The van der Waals surface area contributed by atoms with E-state index in [0.717, 1.165) is 17.7 Å². The molecule has 0 saturated heterocycles. The topological polar surface area (TPSA) is 66.4 Å². The molecule has 1 aromatic rings. The van der Waals surface area contributed by atoms with E-state index >= 15 is 0 Å². The molecular formula is C22H37IN4O3. The first-order chi connectivity index (χ1) is 13.9. The Labute approximate surface area is 198 Å². The summed E-state index contributed by atoms with van der Waals surface area (Å²) in [6.45, 7) is 12.7. The number of methoxy groups -OCH3 is 2. The van der Waals surface area contributed by atoms with Gasteiger partial charge in [-0.25, -0.2) is 4.99 Å². The van der Waals surface area contributed by atoms with Crippen molar-refractivity contribution in [1.82, 2.24) is 15.1 Å². The average Bonchev–Trinajstić information content (AvgIpc) is 2.71. The Bertz CT molecular complexity index is 706. The molecule has 0 radical (unpaired) electrons. The molecule has 0 aliphatic rings. The number of guanidine groups is 1. The van der Waals surface area contributed by atoms with Crippen LogP contribution in [-0.2, 0) is 17.8 Å². The van der Waals surface area contributed by atoms with E-state index in [4.69, 9.17) is 14.5 Å². The average molecular weight is 532 g/mol. The number of hydrogen-bond acceptors (Lipinski definition) is 4. The van der Waals surface area contributed by atoms with Crippen molar-refractivity contribution in [3.8, 4) is 11.5 Å². The maximum atomic E-state index is 12.4. The van der Waals surface area contributed by atoms with Crippen LogP contribution in [0.4, 0.5) is 0 Å². The SMILES string of the molecule is C=CCc1cc(CN=C(NCC)N(C)CC(=O)N(CC)CC)cc(OC)c1OC.I. The number of ether oxygens (including phenoxy) is 2. The van der Waals surface area contributed by atoms with E-state index in [9.17, 15) is 4.79 Å². The quantitative estimate of drug-likeness (QED) is 0.205. The number of allylic oxidation sites excluding steroid dienone is 1. The Morgan fingerprint density at radius 2 is 1.87 bits per heavy atom. The zero-order chi connectivity index (χ0) is 21.8. The number of nitrogens with zero attached hydrogens (tertiary/aromatic N) is 3. The van der Waals surface area contributed by atoms with Gasteiger partial charge in [-0.2, -0.15) is 0 Å². The number of amides is 1. The Morgan fingerprint density at radius 3 is 2.37 bits per heavy atom. The van der Waals surface area contributed by atoms with Crippen LogP contribution in [-0.4, -0.2) is 69.1 Å². The molecule has 0 spiro atoms. The lowest BCUT2D eigenvalue weighted by molar-refractivity contribution is -0.131. The summed E-state index contributed by atoms with van der Waals surface area (Å²) in [5.74, 6) is 2.16. The minimum Gasteiger partial charge on any atom is -0.493 e. The second-order valence-corrected chi connectivity index (χ2v) is 6.58. The number of benzene rings is 1. The number of carbonyl (C=O) groups excluding carboxylic acids is 1. The van der Waals surface area contributed by atoms with Gasteiger partial charge in [-0.05, 0) is 44.9 Å². The second-order valence-electron chi connectivity index (χ2n) is 6.58. The van der Waals surface area contributed by atoms with Gasteiger partial charge in [0.25, 0.3) is 0 Å². The van der Waals surface area contributed by atoms with E-state index in [2.05, 4.69) is 18.0 Å². The third kappa shape index (κ3) is 8.04. The third-order valence-electron chi connectivity index (χ3n) is 4.58. The van der Waals surface area contributed by atoms with Gasteiger partial charge in [-0.1, -0.05) is 6.08 Å². The van der Waals surface area contributed by atoms with Crippen molar-refractivity contribution in [3.63, 3.8) is 0 Å². The van der Waals surface area contributed by atoms with Gasteiger partial charge in [0.15, 0.2) is 17.5 Å². The molecule has 0 heterocycles. The van der Waals surface area contributed by atoms with Crippen LogP contribution in [0.2, 0.25) is 0 Å². The molecule has 30 heavy (non-hydrogen) atoms. The number of aliphatic imine (C=N–C) groups is 1. The van der Waals surface area contributed by atoms with E-state index in [0.29, 0.717) is 43.5 Å². The molecule has 7 nitrogen and oxygen atoms in total. The maximum Gasteiger partial charge on any atom is 0.242 e. The molecule has 0 unspecified atom stereocenters. The molecule has 8 heteroatoms. The van der Waals surface area contributed by atoms with Crippen molar-refractivity contribution in [2.45, 2.75) is 33.7 Å². The minimum atomic E-state index is 0. The minimum absolute atomic E-state index is 0. The lowest BCUT2D eigenvalue weighted by Crippen LogP contribution is -2.45. The van der Waals surface area contributed by atoms with Crippen molar-refractivity contribution in [2.75, 3.05) is 47.4 Å². The van der Waals surface area contributed by atoms with Crippen LogP contribution in [0.3, 0.4) is 0 Å². The van der Waals surface area contributed by atoms with Crippen LogP contribution in [0, 0.1) is 0 Å². The maximum absolute atomic E-state index is 12.4. The summed E-state index contributed by atoms with van der Waals surface area (Å²) < 4.78 is 11.0. The molecule has 170 valence electrons. The van der Waals surface area contributed by atoms with Gasteiger partial charge in [0.05, 0.1) is 27.3 Å². The first-order valence-electron chi connectivity index (χ1n) is 10.1. The summed E-state index contributed by atoms with van der Waals surface area (Å²) in [7, 11) is 5.13. The van der Waals surface area contributed by atoms with Gasteiger partial charge in [-0.3, -0.25) is 4.79 Å². The first-order valence-corrected chi connectivity index (χ1v) is 10.1. The highest BCUT2D eigenvalue weighted by Crippen LogP contribution is 2.33. The molecule has 0 bridgehead atoms. The molecule has 1 rings (SSSR count). The van der Waals surface area contributed by atoms with Crippen LogP contribution in [0.5, 0.6) is 11.5 Å². The highest BCUT2D eigenvalue weighted by atomic mass is 127. The smallest absolute Gasteiger partial charge is 0.242 e. The van der Waals surface area contributed by atoms with Gasteiger partial charge in [0, 0.05) is 32.2 Å². The molecule has 0 aliphatic heterocycles. The molecule has 0 fully saturated rings. The summed E-state index contributed by atoms with van der Waals surface area (Å²) in [5, 5.41) is 3.26. The molecule has 0 saturated carbocycles. The number of hydrogen-bond donors (Lipinski definition) is 1. The lowest BCUT2D eigenvalue weighted by atomic mass is 10.1. The predicted molar refractivity (Wildman–Crippen MR) is 134 cm³/mol. The summed E-state index contributed by atoms with van der Waals surface area (Å²) in [6.07, 6.45) is 2.51. The Balaban J connectivity index is 0.00000841. The number of carbonyl (C=O) groups is 1. The lowest BCUT2D eigenvalue weighted by Gasteiger charge is -2.25. The molecular weight excluding hydrogens is 495 g/mol. The van der Waals surface area contributed by atoms with Crippen LogP contribution in [0.1, 0.15) is 31.9 Å². The van der Waals surface area contributed by atoms with E-state index in [1.165, 1.54) is 0 Å². The summed E-state index contributed by atoms with van der Waals surface area (Å²) >= 11 is 0. The highest BCUT2D eigenvalue weighted by Gasteiger charge is 2.16. The number of likely N-dealkylation sites (N-methyl/N-ethyl adjacent to an activating group) is 2. The van der Waals surface area contributed by atoms with Crippen molar-refractivity contribution < 1.29 is 14.3 Å². The summed E-state index contributed by atoms with van der Waals surface area (Å²) in [4.78, 5) is 20.8. The van der Waals surface area contributed by atoms with Crippen molar-refractivity contribution in [2.24, 2.45) is 4.99 Å². The highest BCUT2D eigenvalue weighted by molar-refractivity contribution is 14.0. The van der Waals surface area contributed by atoms with Crippen molar-refractivity contribution >= 4 is 35.8 Å². The van der Waals surface area contributed by atoms with E-state index in [1.807, 2.05) is 49.8 Å². The Morgan fingerprint density at radius 1 is 1.20 bits per heavy atom. The predicted octanol–water partition coefficient (Wildman–Crippen LogP) is 3.32. The number of halogens is 1. The van der Waals surface area contributed by atoms with Gasteiger partial charge >= 0.3 is 0 Å². The van der Waals surface area contributed by atoms with Crippen LogP contribution < -0.4 is 14.8 Å². The zero-order valence-corrected chi connectivity index (χ0v) is 21.5. The molecule has 1 N–H and O–H groups in total. The van der Waals surface area contributed by atoms with Crippen LogP contribution in [0.25, 0.3) is 0 Å². The molecule has 0 atom stereocenters. The second kappa shape index (κ2) is 14.9. The largest absolute Gasteiger partial charge is 0.493 e. The fourth-order valence-corrected chi connectivity index (χ4v) is 3.09. The van der Waals surface area contributed by atoms with Gasteiger partial charge in [0.1, 0.15) is 0 Å². The van der Waals surface area contributed by atoms with Crippen LogP contribution >= 0.6 is 24.0 Å². The number of rotatable bonds is 11. The monoisotopic (exact) mass is 532 g/mol. The van der Waals surface area contributed by atoms with Gasteiger partial charge in [-0.15, -0.1) is 30.6 Å². The van der Waals surface area contributed by atoms with Gasteiger partial charge < -0.3 is 24.6 Å². The van der Waals surface area contributed by atoms with Crippen molar-refractivity contribution in [1.29, 1.82) is 0 Å². The fourth-order valence-electron chi connectivity index (χ4n) is 3.09. The standard InChI is InChI=1S/C22H36N4O3.HI/c1-8-12-18-13-17(14-19(28-6)21(18)29-7)15-24-22(23-9-2)25(5)16-20(27)26(10-3)11-4;/h8,13-14H,1,9-12,15-16H2,2-7H3,(H,23,24);1H. The Kier molecular flexibility index (Phi) is 13.9. The third-order valence-corrected chi connectivity index (χ3v) is 4.58. The van der Waals surface area contributed by atoms with E-state index in [1.54, 1.807) is 14.2 Å². The van der Waals surface area contributed by atoms with Crippen LogP contribution in [0.15, 0.2) is 29.8 Å². The first kappa shape index (κ1) is 28.0. The molecule has 1 amide bonds. The fraction of sp³-hybridized carbons (Fsp3) is 0.545. The van der Waals surface area contributed by atoms with E-state index < -0.39 is 0 Å². The zero-order valence-electron chi connectivity index (χ0n) is 19.2.